The molecule has 1 heterocycles. The number of rotatable bonds is 5. The highest BCUT2D eigenvalue weighted by atomic mass is 35.5. The standard InChI is InChI=1S/C19H18ClN5O2S/c1-11-4-3-5-15(12(11)2)21-18(27)22-16(26)10-28-19-23-17(24-25-19)13-6-8-14(20)9-7-13/h3-9H,10H2,1-2H3,(H,23,24,25)(H2,21,22,26,27). The average Bonchev–Trinajstić information content (AvgIpc) is 3.13. The molecule has 0 aliphatic rings. The summed E-state index contributed by atoms with van der Waals surface area (Å²) >= 11 is 7.00. The summed E-state index contributed by atoms with van der Waals surface area (Å²) in [5, 5.41) is 12.9. The Morgan fingerprint density at radius 1 is 1.14 bits per heavy atom. The summed E-state index contributed by atoms with van der Waals surface area (Å²) in [6.07, 6.45) is 0. The molecule has 28 heavy (non-hydrogen) atoms. The number of carbonyl (C=O) groups is 2. The first-order valence-electron chi connectivity index (χ1n) is 8.40. The van der Waals surface area contributed by atoms with Gasteiger partial charge in [0.25, 0.3) is 0 Å². The number of benzene rings is 2. The van der Waals surface area contributed by atoms with Crippen molar-refractivity contribution in [1.82, 2.24) is 20.5 Å². The van der Waals surface area contributed by atoms with Crippen LogP contribution in [0.2, 0.25) is 5.02 Å². The summed E-state index contributed by atoms with van der Waals surface area (Å²) in [7, 11) is 0. The Morgan fingerprint density at radius 2 is 1.89 bits per heavy atom. The first kappa shape index (κ1) is 19.9. The minimum Gasteiger partial charge on any atom is -0.307 e. The number of anilines is 1. The molecule has 0 fully saturated rings. The lowest BCUT2D eigenvalue weighted by Gasteiger charge is -2.10. The van der Waals surface area contributed by atoms with E-state index in [9.17, 15) is 9.59 Å². The summed E-state index contributed by atoms with van der Waals surface area (Å²) in [5.74, 6) is 0.149. The summed E-state index contributed by atoms with van der Waals surface area (Å²) in [6.45, 7) is 3.86. The number of hydrogen-bond acceptors (Lipinski definition) is 5. The molecule has 0 aliphatic carbocycles. The van der Waals surface area contributed by atoms with Gasteiger partial charge in [0.05, 0.1) is 5.75 Å². The topological polar surface area (TPSA) is 99.8 Å². The van der Waals surface area contributed by atoms with Gasteiger partial charge < -0.3 is 5.32 Å². The highest BCUT2D eigenvalue weighted by Crippen LogP contribution is 2.21. The minimum atomic E-state index is -0.573. The van der Waals surface area contributed by atoms with Crippen LogP contribution in [0.15, 0.2) is 47.6 Å². The summed E-state index contributed by atoms with van der Waals surface area (Å²) < 4.78 is 0. The summed E-state index contributed by atoms with van der Waals surface area (Å²) in [4.78, 5) is 28.3. The number of H-pyrrole nitrogens is 1. The van der Waals surface area contributed by atoms with Gasteiger partial charge in [0.15, 0.2) is 5.82 Å². The van der Waals surface area contributed by atoms with Gasteiger partial charge in [-0.25, -0.2) is 9.78 Å². The lowest BCUT2D eigenvalue weighted by atomic mass is 10.1. The van der Waals surface area contributed by atoms with Crippen molar-refractivity contribution in [2.45, 2.75) is 19.0 Å². The van der Waals surface area contributed by atoms with Crippen LogP contribution in [0.5, 0.6) is 0 Å². The van der Waals surface area contributed by atoms with Crippen LogP contribution >= 0.6 is 23.4 Å². The molecule has 0 saturated carbocycles. The molecule has 144 valence electrons. The highest BCUT2D eigenvalue weighted by molar-refractivity contribution is 7.99. The van der Waals surface area contributed by atoms with E-state index >= 15 is 0 Å². The maximum absolute atomic E-state index is 12.0. The third-order valence-corrected chi connectivity index (χ3v) is 5.12. The predicted octanol–water partition coefficient (Wildman–Crippen LogP) is 4.18. The van der Waals surface area contributed by atoms with Crippen LogP contribution in [0.4, 0.5) is 10.5 Å². The molecule has 0 saturated heterocycles. The van der Waals surface area contributed by atoms with E-state index in [1.54, 1.807) is 18.2 Å². The molecular weight excluding hydrogens is 398 g/mol. The van der Waals surface area contributed by atoms with E-state index in [4.69, 9.17) is 11.6 Å². The number of nitrogens with one attached hydrogen (secondary N) is 3. The Balaban J connectivity index is 1.51. The number of halogens is 1. The molecule has 0 spiro atoms. The van der Waals surface area contributed by atoms with Crippen molar-refractivity contribution in [3.63, 3.8) is 0 Å². The molecule has 0 bridgehead atoms. The Labute approximate surface area is 171 Å². The van der Waals surface area contributed by atoms with Crippen LogP contribution in [-0.2, 0) is 4.79 Å². The molecule has 0 aliphatic heterocycles. The second-order valence-corrected chi connectivity index (χ2v) is 7.39. The van der Waals surface area contributed by atoms with Crippen molar-refractivity contribution < 1.29 is 9.59 Å². The van der Waals surface area contributed by atoms with Crippen molar-refractivity contribution >= 4 is 41.0 Å². The van der Waals surface area contributed by atoms with Gasteiger partial charge >= 0.3 is 6.03 Å². The van der Waals surface area contributed by atoms with Crippen LogP contribution in [0.3, 0.4) is 0 Å². The number of aryl methyl sites for hydroxylation is 1. The molecule has 3 amide bonds. The number of aromatic amines is 1. The SMILES string of the molecule is Cc1cccc(NC(=O)NC(=O)CSc2n[nH]c(-c3ccc(Cl)cc3)n2)c1C. The third-order valence-electron chi connectivity index (χ3n) is 4.02. The maximum Gasteiger partial charge on any atom is 0.325 e. The van der Waals surface area contributed by atoms with E-state index in [0.717, 1.165) is 28.5 Å². The van der Waals surface area contributed by atoms with Crippen molar-refractivity contribution in [2.75, 3.05) is 11.1 Å². The number of amides is 3. The number of nitrogens with zero attached hydrogens (tertiary/aromatic N) is 2. The lowest BCUT2D eigenvalue weighted by Crippen LogP contribution is -2.35. The van der Waals surface area contributed by atoms with E-state index < -0.39 is 11.9 Å². The van der Waals surface area contributed by atoms with E-state index in [-0.39, 0.29) is 5.75 Å². The lowest BCUT2D eigenvalue weighted by molar-refractivity contribution is -0.117. The quantitative estimate of drug-likeness (QED) is 0.543. The van der Waals surface area contributed by atoms with Gasteiger partial charge in [-0.05, 0) is 55.3 Å². The van der Waals surface area contributed by atoms with Gasteiger partial charge in [-0.3, -0.25) is 15.2 Å². The smallest absolute Gasteiger partial charge is 0.307 e. The van der Waals surface area contributed by atoms with Crippen molar-refractivity contribution in [2.24, 2.45) is 0 Å². The Morgan fingerprint density at radius 3 is 2.64 bits per heavy atom. The Bertz CT molecular complexity index is 1000. The second kappa shape index (κ2) is 8.90. The fraction of sp³-hybridized carbons (Fsp3) is 0.158. The van der Waals surface area contributed by atoms with Crippen molar-refractivity contribution in [3.05, 3.63) is 58.6 Å². The zero-order valence-electron chi connectivity index (χ0n) is 15.2. The number of thioether (sulfide) groups is 1. The van der Waals surface area contributed by atoms with Crippen LogP contribution in [0.1, 0.15) is 11.1 Å². The van der Waals surface area contributed by atoms with E-state index in [1.807, 2.05) is 38.1 Å². The van der Waals surface area contributed by atoms with E-state index in [0.29, 0.717) is 21.7 Å². The zero-order valence-corrected chi connectivity index (χ0v) is 16.8. The Kier molecular flexibility index (Phi) is 6.33. The predicted molar refractivity (Wildman–Crippen MR) is 111 cm³/mol. The van der Waals surface area contributed by atoms with Gasteiger partial charge in [0.1, 0.15) is 0 Å². The van der Waals surface area contributed by atoms with Crippen molar-refractivity contribution in [3.8, 4) is 11.4 Å². The molecule has 9 heteroatoms. The van der Waals surface area contributed by atoms with E-state index in [1.165, 1.54) is 0 Å². The normalized spacial score (nSPS) is 10.5. The highest BCUT2D eigenvalue weighted by Gasteiger charge is 2.12. The zero-order chi connectivity index (χ0) is 20.1. The fourth-order valence-corrected chi connectivity index (χ4v) is 3.11. The van der Waals surface area contributed by atoms with Crippen LogP contribution < -0.4 is 10.6 Å². The summed E-state index contributed by atoms with van der Waals surface area (Å²) in [6, 6.07) is 12.2. The molecule has 0 atom stereocenters. The van der Waals surface area contributed by atoms with Gasteiger partial charge in [0.2, 0.25) is 11.1 Å². The second-order valence-electron chi connectivity index (χ2n) is 6.01. The van der Waals surface area contributed by atoms with Gasteiger partial charge in [-0.1, -0.05) is 35.5 Å². The molecule has 2 aromatic carbocycles. The number of hydrogen-bond donors (Lipinski definition) is 3. The molecular formula is C19H18ClN5O2S. The third kappa shape index (κ3) is 5.11. The first-order chi connectivity index (χ1) is 13.4. The van der Waals surface area contributed by atoms with Crippen LogP contribution in [0.25, 0.3) is 11.4 Å². The summed E-state index contributed by atoms with van der Waals surface area (Å²) in [5.41, 5.74) is 3.51. The van der Waals surface area contributed by atoms with Gasteiger partial charge in [-0.2, -0.15) is 0 Å². The molecule has 0 radical (unpaired) electrons. The first-order valence-corrected chi connectivity index (χ1v) is 9.77. The Hall–Kier alpha value is -2.84. The number of imide groups is 1. The van der Waals surface area contributed by atoms with Gasteiger partial charge in [0, 0.05) is 16.3 Å². The van der Waals surface area contributed by atoms with Gasteiger partial charge in [-0.15, -0.1) is 5.10 Å². The van der Waals surface area contributed by atoms with Crippen LogP contribution in [-0.4, -0.2) is 32.9 Å². The average molecular weight is 416 g/mol. The number of urea groups is 1. The minimum absolute atomic E-state index is 0.0120. The molecule has 3 N–H and O–H groups in total. The fourth-order valence-electron chi connectivity index (χ4n) is 2.38. The molecule has 0 unspecified atom stereocenters. The van der Waals surface area contributed by atoms with Crippen molar-refractivity contribution in [1.29, 1.82) is 0 Å². The molecule has 3 aromatic rings. The molecule has 1 aromatic heterocycles. The molecule has 3 rings (SSSR count). The largest absolute Gasteiger partial charge is 0.325 e. The number of aromatic nitrogens is 3. The molecule has 7 nitrogen and oxygen atoms in total. The maximum atomic E-state index is 12.0. The van der Waals surface area contributed by atoms with Crippen LogP contribution in [0, 0.1) is 13.8 Å². The monoisotopic (exact) mass is 415 g/mol. The number of carbonyl (C=O) groups excluding carboxylic acids is 2. The van der Waals surface area contributed by atoms with E-state index in [2.05, 4.69) is 25.8 Å².